The summed E-state index contributed by atoms with van der Waals surface area (Å²) in [4.78, 5) is 16.2. The van der Waals surface area contributed by atoms with E-state index in [1.165, 1.54) is 7.11 Å². The van der Waals surface area contributed by atoms with Crippen LogP contribution in [0.25, 0.3) is 0 Å². The number of para-hydroxylation sites is 1. The number of carbonyl (C=O) groups is 1. The maximum absolute atomic E-state index is 11.9. The zero-order valence-corrected chi connectivity index (χ0v) is 11.4. The molecule has 0 saturated heterocycles. The standard InChI is InChI=1S/C12H13NO5S/c1-17-11-5-3-4-9-10(14)6-8(13-12(9)11)7-18-19(2,15)16/h3-5H,6-7H2,1-2H3. The predicted molar refractivity (Wildman–Crippen MR) is 69.8 cm³/mol. The summed E-state index contributed by atoms with van der Waals surface area (Å²) in [6.07, 6.45) is 1.00. The van der Waals surface area contributed by atoms with Gasteiger partial charge in [0, 0.05) is 5.56 Å². The second-order valence-electron chi connectivity index (χ2n) is 4.10. The van der Waals surface area contributed by atoms with Crippen LogP contribution in [-0.4, -0.2) is 39.9 Å². The highest BCUT2D eigenvalue weighted by Crippen LogP contribution is 2.35. The van der Waals surface area contributed by atoms with Gasteiger partial charge in [-0.3, -0.25) is 14.0 Å². The van der Waals surface area contributed by atoms with Crippen molar-refractivity contribution >= 4 is 27.3 Å². The topological polar surface area (TPSA) is 82.0 Å². The molecule has 0 spiro atoms. The normalized spacial score (nSPS) is 14.8. The third-order valence-electron chi connectivity index (χ3n) is 2.59. The molecule has 0 atom stereocenters. The number of aliphatic imine (C=N–C) groups is 1. The Morgan fingerprint density at radius 1 is 1.37 bits per heavy atom. The molecule has 1 aromatic carbocycles. The summed E-state index contributed by atoms with van der Waals surface area (Å²) in [5, 5.41) is 0. The molecular formula is C12H13NO5S. The molecule has 1 aliphatic heterocycles. The van der Waals surface area contributed by atoms with Crippen molar-refractivity contribution in [3.8, 4) is 5.75 Å². The van der Waals surface area contributed by atoms with E-state index in [9.17, 15) is 13.2 Å². The number of ether oxygens (including phenoxy) is 1. The fraction of sp³-hybridized carbons (Fsp3) is 0.333. The number of rotatable bonds is 4. The number of hydrogen-bond donors (Lipinski definition) is 0. The summed E-state index contributed by atoms with van der Waals surface area (Å²) in [5.74, 6) is 0.346. The lowest BCUT2D eigenvalue weighted by Gasteiger charge is -2.16. The SMILES string of the molecule is COc1cccc2c1N=C(COS(C)(=O)=O)CC2=O. The van der Waals surface area contributed by atoms with Crippen molar-refractivity contribution < 1.29 is 22.1 Å². The van der Waals surface area contributed by atoms with Crippen LogP contribution >= 0.6 is 0 Å². The molecule has 0 N–H and O–H groups in total. The molecule has 6 nitrogen and oxygen atoms in total. The van der Waals surface area contributed by atoms with E-state index in [-0.39, 0.29) is 18.8 Å². The second-order valence-corrected chi connectivity index (χ2v) is 5.74. The van der Waals surface area contributed by atoms with Gasteiger partial charge < -0.3 is 4.74 Å². The van der Waals surface area contributed by atoms with E-state index >= 15 is 0 Å². The Hall–Kier alpha value is -1.73. The number of fused-ring (bicyclic) bond motifs is 1. The fourth-order valence-electron chi connectivity index (χ4n) is 1.76. The van der Waals surface area contributed by atoms with Gasteiger partial charge in [-0.05, 0) is 12.1 Å². The highest BCUT2D eigenvalue weighted by molar-refractivity contribution is 7.86. The third kappa shape index (κ3) is 3.18. The van der Waals surface area contributed by atoms with Gasteiger partial charge in [-0.15, -0.1) is 0 Å². The number of Topliss-reactive ketones (excluding diaryl/α,β-unsaturated/α-hetero) is 1. The van der Waals surface area contributed by atoms with Gasteiger partial charge in [0.05, 0.1) is 25.5 Å². The Bertz CT molecular complexity index is 648. The molecule has 0 amide bonds. The molecule has 0 saturated carbocycles. The zero-order chi connectivity index (χ0) is 14.0. The number of ketones is 1. The zero-order valence-electron chi connectivity index (χ0n) is 10.5. The van der Waals surface area contributed by atoms with Crippen molar-refractivity contribution in [1.82, 2.24) is 0 Å². The number of benzene rings is 1. The van der Waals surface area contributed by atoms with E-state index in [0.29, 0.717) is 22.7 Å². The average molecular weight is 283 g/mol. The molecule has 7 heteroatoms. The minimum absolute atomic E-state index is 0.0513. The van der Waals surface area contributed by atoms with E-state index in [2.05, 4.69) is 9.18 Å². The number of hydrogen-bond acceptors (Lipinski definition) is 6. The Labute approximate surface area is 111 Å². The van der Waals surface area contributed by atoms with Crippen LogP contribution in [-0.2, 0) is 14.3 Å². The van der Waals surface area contributed by atoms with Gasteiger partial charge in [0.1, 0.15) is 18.0 Å². The highest BCUT2D eigenvalue weighted by atomic mass is 32.2. The summed E-state index contributed by atoms with van der Waals surface area (Å²) in [6, 6.07) is 5.07. The van der Waals surface area contributed by atoms with Gasteiger partial charge in [-0.2, -0.15) is 8.42 Å². The number of carbonyl (C=O) groups excluding carboxylic acids is 1. The summed E-state index contributed by atoms with van der Waals surface area (Å²) in [7, 11) is -2.07. The van der Waals surface area contributed by atoms with Gasteiger partial charge >= 0.3 is 0 Å². The van der Waals surface area contributed by atoms with Gasteiger partial charge in [0.2, 0.25) is 0 Å². The Kier molecular flexibility index (Phi) is 3.68. The summed E-state index contributed by atoms with van der Waals surface area (Å²) >= 11 is 0. The maximum Gasteiger partial charge on any atom is 0.264 e. The van der Waals surface area contributed by atoms with Crippen LogP contribution in [0.3, 0.4) is 0 Å². The molecule has 0 radical (unpaired) electrons. The molecule has 0 bridgehead atoms. The highest BCUT2D eigenvalue weighted by Gasteiger charge is 2.23. The van der Waals surface area contributed by atoms with E-state index in [1.807, 2.05) is 0 Å². The van der Waals surface area contributed by atoms with E-state index in [4.69, 9.17) is 4.74 Å². The lowest BCUT2D eigenvalue weighted by atomic mass is 10.00. The first-order valence-corrected chi connectivity index (χ1v) is 7.33. The summed E-state index contributed by atoms with van der Waals surface area (Å²) in [5.41, 5.74) is 1.27. The quantitative estimate of drug-likeness (QED) is 0.778. The first-order valence-electron chi connectivity index (χ1n) is 5.52. The Morgan fingerprint density at radius 2 is 2.11 bits per heavy atom. The molecule has 0 aliphatic carbocycles. The van der Waals surface area contributed by atoms with Crippen molar-refractivity contribution in [3.05, 3.63) is 23.8 Å². The molecule has 0 fully saturated rings. The lowest BCUT2D eigenvalue weighted by molar-refractivity contribution is 0.0998. The summed E-state index contributed by atoms with van der Waals surface area (Å²) in [6.45, 7) is -0.220. The number of methoxy groups -OCH3 is 1. The van der Waals surface area contributed by atoms with Crippen molar-refractivity contribution in [2.75, 3.05) is 20.0 Å². The fourth-order valence-corrected chi connectivity index (χ4v) is 2.11. The molecule has 102 valence electrons. The van der Waals surface area contributed by atoms with Crippen molar-refractivity contribution in [2.24, 2.45) is 4.99 Å². The van der Waals surface area contributed by atoms with Gasteiger partial charge in [-0.25, -0.2) is 0 Å². The van der Waals surface area contributed by atoms with Crippen LogP contribution in [0.2, 0.25) is 0 Å². The first kappa shape index (κ1) is 13.7. The van der Waals surface area contributed by atoms with Crippen LogP contribution in [0.15, 0.2) is 23.2 Å². The molecule has 2 rings (SSSR count). The number of nitrogens with zero attached hydrogens (tertiary/aromatic N) is 1. The smallest absolute Gasteiger partial charge is 0.264 e. The second kappa shape index (κ2) is 5.10. The van der Waals surface area contributed by atoms with Crippen LogP contribution in [0.4, 0.5) is 5.69 Å². The largest absolute Gasteiger partial charge is 0.494 e. The monoisotopic (exact) mass is 283 g/mol. The molecule has 1 aromatic rings. The van der Waals surface area contributed by atoms with Crippen molar-refractivity contribution in [3.63, 3.8) is 0 Å². The minimum atomic E-state index is -3.56. The van der Waals surface area contributed by atoms with E-state index in [0.717, 1.165) is 6.26 Å². The molecule has 19 heavy (non-hydrogen) atoms. The first-order chi connectivity index (χ1) is 8.90. The molecule has 1 aliphatic rings. The van der Waals surface area contributed by atoms with E-state index < -0.39 is 10.1 Å². The lowest BCUT2D eigenvalue weighted by Crippen LogP contribution is -2.20. The van der Waals surface area contributed by atoms with Crippen LogP contribution < -0.4 is 4.74 Å². The average Bonchev–Trinajstić information content (AvgIpc) is 2.35. The summed E-state index contributed by atoms with van der Waals surface area (Å²) < 4.78 is 31.7. The molecule has 0 aromatic heterocycles. The van der Waals surface area contributed by atoms with Gasteiger partial charge in [-0.1, -0.05) is 6.07 Å². The van der Waals surface area contributed by atoms with Crippen molar-refractivity contribution in [1.29, 1.82) is 0 Å². The van der Waals surface area contributed by atoms with E-state index in [1.54, 1.807) is 18.2 Å². The predicted octanol–water partition coefficient (Wildman–Crippen LogP) is 1.33. The van der Waals surface area contributed by atoms with Crippen LogP contribution in [0, 0.1) is 0 Å². The van der Waals surface area contributed by atoms with Crippen molar-refractivity contribution in [2.45, 2.75) is 6.42 Å². The maximum atomic E-state index is 11.9. The third-order valence-corrected chi connectivity index (χ3v) is 3.14. The molecular weight excluding hydrogens is 270 g/mol. The van der Waals surface area contributed by atoms with Gasteiger partial charge in [0.15, 0.2) is 5.78 Å². The Balaban J connectivity index is 2.34. The van der Waals surface area contributed by atoms with Crippen LogP contribution in [0.1, 0.15) is 16.8 Å². The molecule has 0 unspecified atom stereocenters. The molecule has 1 heterocycles. The Morgan fingerprint density at radius 3 is 2.74 bits per heavy atom. The van der Waals surface area contributed by atoms with Gasteiger partial charge in [0.25, 0.3) is 10.1 Å². The van der Waals surface area contributed by atoms with Crippen LogP contribution in [0.5, 0.6) is 5.75 Å². The minimum Gasteiger partial charge on any atom is -0.494 e.